The molecule has 188 valence electrons. The molecule has 4 rings (SSSR count). The highest BCUT2D eigenvalue weighted by Gasteiger charge is 2.19. The second kappa shape index (κ2) is 10.9. The van der Waals surface area contributed by atoms with Crippen LogP contribution in [0.2, 0.25) is 0 Å². The van der Waals surface area contributed by atoms with Gasteiger partial charge in [0.15, 0.2) is 0 Å². The maximum absolute atomic E-state index is 12.5. The monoisotopic (exact) mass is 497 g/mol. The third-order valence-electron chi connectivity index (χ3n) is 6.67. The van der Waals surface area contributed by atoms with Crippen LogP contribution in [0.15, 0.2) is 47.4 Å². The number of hydrogen-bond donors (Lipinski definition) is 1. The number of amides is 1. The molecule has 1 N–H and O–H groups in total. The summed E-state index contributed by atoms with van der Waals surface area (Å²) in [4.78, 5) is 19.8. The first-order chi connectivity index (χ1) is 16.7. The number of carbonyl (C=O) groups is 1. The molecule has 0 atom stereocenters. The molecule has 1 amide bonds. The van der Waals surface area contributed by atoms with Gasteiger partial charge in [-0.2, -0.15) is 0 Å². The van der Waals surface area contributed by atoms with Gasteiger partial charge in [0, 0.05) is 47.1 Å². The van der Waals surface area contributed by atoms with Gasteiger partial charge >= 0.3 is 0 Å². The third kappa shape index (κ3) is 6.09. The summed E-state index contributed by atoms with van der Waals surface area (Å²) in [6.07, 6.45) is 4.71. The van der Waals surface area contributed by atoms with Crippen molar-refractivity contribution in [3.8, 4) is 0 Å². The Hall–Kier alpha value is -2.75. The summed E-state index contributed by atoms with van der Waals surface area (Å²) < 4.78 is 27.9. The zero-order valence-electron chi connectivity index (χ0n) is 20.8. The first-order valence-electron chi connectivity index (χ1n) is 12.2. The van der Waals surface area contributed by atoms with Crippen LogP contribution >= 0.6 is 0 Å². The zero-order valence-corrected chi connectivity index (χ0v) is 21.6. The number of nitrogens with one attached hydrogen (secondary N) is 1. The predicted octanol–water partition coefficient (Wildman–Crippen LogP) is 3.06. The molecule has 1 aliphatic rings. The molecule has 2 heterocycles. The summed E-state index contributed by atoms with van der Waals surface area (Å²) in [5.74, 6) is 0.710. The van der Waals surface area contributed by atoms with Crippen LogP contribution in [-0.4, -0.2) is 60.3 Å². The molecule has 1 aliphatic heterocycles. The van der Waals surface area contributed by atoms with Crippen molar-refractivity contribution in [3.05, 3.63) is 59.4 Å². The van der Waals surface area contributed by atoms with Crippen LogP contribution < -0.4 is 5.32 Å². The lowest BCUT2D eigenvalue weighted by Crippen LogP contribution is -2.29. The number of rotatable bonds is 9. The molecular weight excluding hydrogens is 462 g/mol. The molecule has 1 saturated heterocycles. The predicted molar refractivity (Wildman–Crippen MR) is 137 cm³/mol. The molecular formula is C26H35N5O3S. The molecule has 0 aliphatic carbocycles. The topological polar surface area (TPSA) is 87.5 Å². The van der Waals surface area contributed by atoms with E-state index in [9.17, 15) is 13.2 Å². The Morgan fingerprint density at radius 2 is 1.71 bits per heavy atom. The van der Waals surface area contributed by atoms with E-state index in [0.717, 1.165) is 23.4 Å². The average molecular weight is 498 g/mol. The van der Waals surface area contributed by atoms with Crippen LogP contribution in [0.1, 0.15) is 42.6 Å². The van der Waals surface area contributed by atoms with Gasteiger partial charge in [0.1, 0.15) is 5.82 Å². The highest BCUT2D eigenvalue weighted by molar-refractivity contribution is 7.89. The Morgan fingerprint density at radius 3 is 2.40 bits per heavy atom. The number of sulfonamides is 1. The summed E-state index contributed by atoms with van der Waals surface area (Å²) >= 11 is 0. The van der Waals surface area contributed by atoms with Crippen molar-refractivity contribution in [3.63, 3.8) is 0 Å². The van der Waals surface area contributed by atoms with Gasteiger partial charge in [-0.3, -0.25) is 9.69 Å². The van der Waals surface area contributed by atoms with E-state index in [4.69, 9.17) is 0 Å². The molecule has 2 aromatic carbocycles. The van der Waals surface area contributed by atoms with E-state index in [2.05, 4.69) is 39.5 Å². The van der Waals surface area contributed by atoms with E-state index in [1.165, 1.54) is 56.3 Å². The molecule has 1 aromatic heterocycles. The Balaban J connectivity index is 1.30. The number of nitrogens with zero attached hydrogens (tertiary/aromatic N) is 4. The van der Waals surface area contributed by atoms with Gasteiger partial charge in [-0.1, -0.05) is 30.7 Å². The lowest BCUT2D eigenvalue weighted by Gasteiger charge is -2.26. The maximum Gasteiger partial charge on any atom is 0.242 e. The average Bonchev–Trinajstić information content (AvgIpc) is 3.17. The van der Waals surface area contributed by atoms with E-state index < -0.39 is 10.0 Å². The van der Waals surface area contributed by atoms with Crippen LogP contribution in [0.3, 0.4) is 0 Å². The van der Waals surface area contributed by atoms with Crippen molar-refractivity contribution in [2.45, 2.75) is 50.1 Å². The number of aryl methyl sites for hydroxylation is 2. The fourth-order valence-electron chi connectivity index (χ4n) is 4.48. The van der Waals surface area contributed by atoms with Gasteiger partial charge in [0.25, 0.3) is 0 Å². The van der Waals surface area contributed by atoms with E-state index in [1.54, 1.807) is 18.2 Å². The van der Waals surface area contributed by atoms with Crippen LogP contribution in [0.5, 0.6) is 0 Å². The number of likely N-dealkylation sites (tertiary alicyclic amines) is 1. The van der Waals surface area contributed by atoms with Crippen LogP contribution in [0, 0.1) is 0 Å². The Bertz CT molecular complexity index is 1280. The molecule has 3 aromatic rings. The molecule has 0 bridgehead atoms. The van der Waals surface area contributed by atoms with Crippen LogP contribution in [0.25, 0.3) is 11.0 Å². The second-order valence-electron chi connectivity index (χ2n) is 9.46. The van der Waals surface area contributed by atoms with Crippen molar-refractivity contribution < 1.29 is 13.2 Å². The Kier molecular flexibility index (Phi) is 7.88. The van der Waals surface area contributed by atoms with Crippen molar-refractivity contribution >= 4 is 27.0 Å². The van der Waals surface area contributed by atoms with E-state index in [0.29, 0.717) is 24.9 Å². The molecule has 8 nitrogen and oxygen atoms in total. The van der Waals surface area contributed by atoms with Gasteiger partial charge < -0.3 is 9.88 Å². The lowest BCUT2D eigenvalue weighted by molar-refractivity contribution is -0.121. The molecule has 1 fully saturated rings. The smallest absolute Gasteiger partial charge is 0.242 e. The van der Waals surface area contributed by atoms with Gasteiger partial charge in [0.05, 0.1) is 15.9 Å². The van der Waals surface area contributed by atoms with Gasteiger partial charge in [-0.05, 0) is 55.3 Å². The SMILES string of the molecule is CN(C)S(=O)(=O)c1ccc2c(c1)nc(CCC(=O)NCc1ccc(CN3CCCCC3)cc1)n2C. The summed E-state index contributed by atoms with van der Waals surface area (Å²) in [7, 11) is 1.37. The largest absolute Gasteiger partial charge is 0.352 e. The van der Waals surface area contributed by atoms with E-state index in [-0.39, 0.29) is 10.8 Å². The normalized spacial score (nSPS) is 15.1. The molecule has 35 heavy (non-hydrogen) atoms. The third-order valence-corrected chi connectivity index (χ3v) is 8.48. The highest BCUT2D eigenvalue weighted by Crippen LogP contribution is 2.22. The standard InChI is InChI=1S/C26H35N5O3S/c1-29(2)35(33,34)22-11-12-24-23(17-22)28-25(30(24)3)13-14-26(32)27-18-20-7-9-21(10-8-20)19-31-15-5-4-6-16-31/h7-12,17H,4-6,13-16,18-19H2,1-3H3,(H,27,32). The number of imidazole rings is 1. The van der Waals surface area contributed by atoms with E-state index >= 15 is 0 Å². The fourth-order valence-corrected chi connectivity index (χ4v) is 5.40. The minimum Gasteiger partial charge on any atom is -0.352 e. The Labute approximate surface area is 208 Å². The van der Waals surface area contributed by atoms with E-state index in [1.807, 2.05) is 11.6 Å². The molecule has 0 radical (unpaired) electrons. The highest BCUT2D eigenvalue weighted by atomic mass is 32.2. The summed E-state index contributed by atoms with van der Waals surface area (Å²) in [5, 5.41) is 2.99. The van der Waals surface area contributed by atoms with Gasteiger partial charge in [0.2, 0.25) is 15.9 Å². The number of carbonyl (C=O) groups excluding carboxylic acids is 1. The van der Waals surface area contributed by atoms with Gasteiger partial charge in [-0.15, -0.1) is 0 Å². The number of fused-ring (bicyclic) bond motifs is 1. The molecule has 0 saturated carbocycles. The molecule has 0 unspecified atom stereocenters. The van der Waals surface area contributed by atoms with Crippen molar-refractivity contribution in [2.24, 2.45) is 7.05 Å². The first-order valence-corrected chi connectivity index (χ1v) is 13.6. The first kappa shape index (κ1) is 25.3. The number of piperidine rings is 1. The quantitative estimate of drug-likeness (QED) is 0.491. The van der Waals surface area contributed by atoms with Crippen LogP contribution in [-0.2, 0) is 41.4 Å². The number of hydrogen-bond acceptors (Lipinski definition) is 5. The number of aromatic nitrogens is 2. The number of benzene rings is 2. The summed E-state index contributed by atoms with van der Waals surface area (Å²) in [6, 6.07) is 13.4. The van der Waals surface area contributed by atoms with Crippen molar-refractivity contribution in [1.29, 1.82) is 0 Å². The molecule has 9 heteroatoms. The van der Waals surface area contributed by atoms with Crippen molar-refractivity contribution in [1.82, 2.24) is 24.1 Å². The van der Waals surface area contributed by atoms with Crippen LogP contribution in [0.4, 0.5) is 0 Å². The minimum atomic E-state index is -3.52. The second-order valence-corrected chi connectivity index (χ2v) is 11.6. The lowest BCUT2D eigenvalue weighted by atomic mass is 10.1. The summed E-state index contributed by atoms with van der Waals surface area (Å²) in [5.41, 5.74) is 3.83. The van der Waals surface area contributed by atoms with Crippen molar-refractivity contribution in [2.75, 3.05) is 27.2 Å². The zero-order chi connectivity index (χ0) is 25.0. The van der Waals surface area contributed by atoms with Gasteiger partial charge in [-0.25, -0.2) is 17.7 Å². The Morgan fingerprint density at radius 1 is 1.03 bits per heavy atom. The minimum absolute atomic E-state index is 0.0367. The summed E-state index contributed by atoms with van der Waals surface area (Å²) in [6.45, 7) is 3.85. The molecule has 0 spiro atoms. The maximum atomic E-state index is 12.5. The fraction of sp³-hybridized carbons (Fsp3) is 0.462.